The van der Waals surface area contributed by atoms with Crippen molar-refractivity contribution in [3.05, 3.63) is 23.2 Å². The molecule has 0 bridgehead atoms. The smallest absolute Gasteiger partial charge is 0.202 e. The fourth-order valence-corrected chi connectivity index (χ4v) is 0.726. The van der Waals surface area contributed by atoms with E-state index in [1.54, 1.807) is 0 Å². The van der Waals surface area contributed by atoms with Gasteiger partial charge in [0.25, 0.3) is 0 Å². The van der Waals surface area contributed by atoms with Crippen LogP contribution in [-0.4, -0.2) is 17.4 Å². The Hall–Kier alpha value is -1.07. The fraction of sp³-hybridized carbons (Fsp3) is 0.333. The molecule has 0 aromatic carbocycles. The number of rotatable bonds is 0. The molecule has 0 aromatic heterocycles. The van der Waals surface area contributed by atoms with E-state index in [9.17, 15) is 22.0 Å². The first-order chi connectivity index (χ1) is 5.46. The molecule has 0 aromatic rings. The van der Waals surface area contributed by atoms with Crippen LogP contribution in [0.2, 0.25) is 0 Å². The number of halogens is 5. The van der Waals surface area contributed by atoms with E-state index in [-0.39, 0.29) is 0 Å². The van der Waals surface area contributed by atoms with Gasteiger partial charge in [0.15, 0.2) is 29.8 Å². The highest BCUT2D eigenvalue weighted by Crippen LogP contribution is 2.35. The third kappa shape index (κ3) is 1.07. The molecule has 1 nitrogen and oxygen atoms in total. The van der Waals surface area contributed by atoms with Crippen LogP contribution in [0, 0.1) is 0 Å². The van der Waals surface area contributed by atoms with E-state index in [0.717, 1.165) is 0 Å². The van der Waals surface area contributed by atoms with Crippen molar-refractivity contribution in [1.82, 2.24) is 0 Å². The minimum absolute atomic E-state index is 1.75. The molecule has 6 heteroatoms. The van der Waals surface area contributed by atoms with Crippen LogP contribution in [0.1, 0.15) is 0 Å². The zero-order valence-corrected chi connectivity index (χ0v) is 5.49. The summed E-state index contributed by atoms with van der Waals surface area (Å²) in [5, 5.41) is 8.35. The number of hydrogen-bond donors (Lipinski definition) is 1. The van der Waals surface area contributed by atoms with E-state index < -0.39 is 35.6 Å². The molecule has 1 unspecified atom stereocenters. The highest BCUT2D eigenvalue weighted by molar-refractivity contribution is 5.34. The topological polar surface area (TPSA) is 20.2 Å². The standard InChI is InChI=1S/C6H3F5O/c7-1-2(8)4(10)6(12)5(11)3(1)9/h2,4,12H/t2?,4-/m0/s1. The van der Waals surface area contributed by atoms with Crippen molar-refractivity contribution >= 4 is 0 Å². The molecule has 0 saturated heterocycles. The number of alkyl halides is 2. The van der Waals surface area contributed by atoms with Gasteiger partial charge < -0.3 is 5.11 Å². The summed E-state index contributed by atoms with van der Waals surface area (Å²) in [6, 6.07) is 0. The van der Waals surface area contributed by atoms with Crippen LogP contribution in [0.3, 0.4) is 0 Å². The van der Waals surface area contributed by atoms with Crippen molar-refractivity contribution in [3.8, 4) is 0 Å². The molecule has 0 spiro atoms. The summed E-state index contributed by atoms with van der Waals surface area (Å²) in [5.74, 6) is -8.19. The zero-order valence-electron chi connectivity index (χ0n) is 5.49. The van der Waals surface area contributed by atoms with Gasteiger partial charge in [-0.2, -0.15) is 4.39 Å². The van der Waals surface area contributed by atoms with Gasteiger partial charge in [0.2, 0.25) is 5.83 Å². The van der Waals surface area contributed by atoms with Gasteiger partial charge in [0, 0.05) is 0 Å². The molecule has 1 rings (SSSR count). The lowest BCUT2D eigenvalue weighted by atomic mass is 10.1. The molecule has 2 atom stereocenters. The van der Waals surface area contributed by atoms with Crippen LogP contribution in [0.15, 0.2) is 23.2 Å². The predicted molar refractivity (Wildman–Crippen MR) is 29.8 cm³/mol. The Morgan fingerprint density at radius 1 is 0.917 bits per heavy atom. The Morgan fingerprint density at radius 3 is 1.92 bits per heavy atom. The number of aliphatic hydroxyl groups is 1. The fourth-order valence-electron chi connectivity index (χ4n) is 0.726. The van der Waals surface area contributed by atoms with E-state index in [1.807, 2.05) is 0 Å². The molecule has 0 radical (unpaired) electrons. The van der Waals surface area contributed by atoms with Crippen LogP contribution in [0.4, 0.5) is 22.0 Å². The second-order valence-corrected chi connectivity index (χ2v) is 2.16. The molecule has 1 aliphatic carbocycles. The maximum absolute atomic E-state index is 12.3. The van der Waals surface area contributed by atoms with Crippen molar-refractivity contribution in [1.29, 1.82) is 0 Å². The summed E-state index contributed by atoms with van der Waals surface area (Å²) in [5.41, 5.74) is 0. The van der Waals surface area contributed by atoms with Gasteiger partial charge in [0.05, 0.1) is 0 Å². The van der Waals surface area contributed by atoms with Crippen molar-refractivity contribution in [2.75, 3.05) is 0 Å². The third-order valence-corrected chi connectivity index (χ3v) is 1.39. The molecule has 1 aliphatic rings. The van der Waals surface area contributed by atoms with Gasteiger partial charge in [0.1, 0.15) is 0 Å². The SMILES string of the molecule is OC1=C(F)C(F)=C(F)C(F)[C@@H]1F. The average Bonchev–Trinajstić information content (AvgIpc) is 2.08. The van der Waals surface area contributed by atoms with Gasteiger partial charge in [-0.25, -0.2) is 17.6 Å². The lowest BCUT2D eigenvalue weighted by molar-refractivity contribution is 0.134. The van der Waals surface area contributed by atoms with Gasteiger partial charge in [-0.3, -0.25) is 0 Å². The summed E-state index contributed by atoms with van der Waals surface area (Å²) >= 11 is 0. The van der Waals surface area contributed by atoms with Crippen LogP contribution >= 0.6 is 0 Å². The van der Waals surface area contributed by atoms with E-state index >= 15 is 0 Å². The molecule has 0 aliphatic heterocycles. The highest BCUT2D eigenvalue weighted by atomic mass is 19.2. The van der Waals surface area contributed by atoms with Crippen molar-refractivity contribution < 1.29 is 27.1 Å². The second-order valence-electron chi connectivity index (χ2n) is 2.16. The number of hydrogen-bond acceptors (Lipinski definition) is 1. The molecule has 0 fully saturated rings. The molecule has 1 N–H and O–H groups in total. The first-order valence-corrected chi connectivity index (χ1v) is 2.89. The molecular formula is C6H3F5O. The minimum Gasteiger partial charge on any atom is -0.506 e. The Kier molecular flexibility index (Phi) is 2.08. The Bertz CT molecular complexity index is 241. The van der Waals surface area contributed by atoms with Crippen LogP contribution < -0.4 is 0 Å². The molecule has 0 amide bonds. The predicted octanol–water partition coefficient (Wildman–Crippen LogP) is 2.57. The maximum atomic E-state index is 12.3. The van der Waals surface area contributed by atoms with Crippen molar-refractivity contribution in [3.63, 3.8) is 0 Å². The van der Waals surface area contributed by atoms with Crippen molar-refractivity contribution in [2.24, 2.45) is 0 Å². The summed E-state index contributed by atoms with van der Waals surface area (Å²) in [6.45, 7) is 0. The molecular weight excluding hydrogens is 183 g/mol. The monoisotopic (exact) mass is 186 g/mol. The van der Waals surface area contributed by atoms with Crippen LogP contribution in [0.25, 0.3) is 0 Å². The summed E-state index contributed by atoms with van der Waals surface area (Å²) in [4.78, 5) is 0. The van der Waals surface area contributed by atoms with Gasteiger partial charge in [-0.1, -0.05) is 0 Å². The molecule has 0 heterocycles. The summed E-state index contributed by atoms with van der Waals surface area (Å²) in [6.07, 6.45) is -5.84. The largest absolute Gasteiger partial charge is 0.506 e. The first-order valence-electron chi connectivity index (χ1n) is 2.89. The van der Waals surface area contributed by atoms with Crippen molar-refractivity contribution in [2.45, 2.75) is 12.3 Å². The van der Waals surface area contributed by atoms with Gasteiger partial charge >= 0.3 is 0 Å². The first kappa shape index (κ1) is 9.02. The van der Waals surface area contributed by atoms with Crippen LogP contribution in [-0.2, 0) is 0 Å². The number of aliphatic hydroxyl groups excluding tert-OH is 1. The third-order valence-electron chi connectivity index (χ3n) is 1.39. The molecule has 68 valence electrons. The summed E-state index contributed by atoms with van der Waals surface area (Å²) in [7, 11) is 0. The lowest BCUT2D eigenvalue weighted by Gasteiger charge is -2.16. The maximum Gasteiger partial charge on any atom is 0.202 e. The molecule has 0 saturated carbocycles. The Morgan fingerprint density at radius 2 is 1.42 bits per heavy atom. The van der Waals surface area contributed by atoms with Crippen LogP contribution in [0.5, 0.6) is 0 Å². The Labute approximate surface area is 63.8 Å². The second kappa shape index (κ2) is 2.76. The lowest BCUT2D eigenvalue weighted by Crippen LogP contribution is -2.25. The highest BCUT2D eigenvalue weighted by Gasteiger charge is 2.40. The minimum atomic E-state index is -2.97. The van der Waals surface area contributed by atoms with E-state index in [0.29, 0.717) is 0 Å². The molecule has 12 heavy (non-hydrogen) atoms. The van der Waals surface area contributed by atoms with Gasteiger partial charge in [-0.15, -0.1) is 0 Å². The van der Waals surface area contributed by atoms with E-state index in [1.165, 1.54) is 0 Å². The normalized spacial score (nSPS) is 31.4. The zero-order chi connectivity index (χ0) is 9.46. The quantitative estimate of drug-likeness (QED) is 0.576. The summed E-state index contributed by atoms with van der Waals surface area (Å²) < 4.78 is 61.0. The van der Waals surface area contributed by atoms with E-state index in [4.69, 9.17) is 5.11 Å². The number of allylic oxidation sites excluding steroid dienone is 4. The average molecular weight is 186 g/mol. The Balaban J connectivity index is 3.18. The van der Waals surface area contributed by atoms with Gasteiger partial charge in [-0.05, 0) is 0 Å². The van der Waals surface area contributed by atoms with E-state index in [2.05, 4.69) is 0 Å².